The summed E-state index contributed by atoms with van der Waals surface area (Å²) in [6.45, 7) is 0. The number of hydrogen-bond acceptors (Lipinski definition) is 5. The molecule has 21 aromatic rings. The van der Waals surface area contributed by atoms with Gasteiger partial charge in [0, 0.05) is 133 Å². The van der Waals surface area contributed by atoms with Gasteiger partial charge >= 0.3 is 0 Å². The molecule has 8 heteroatoms. The first kappa shape index (κ1) is 57.6. The lowest BCUT2D eigenvalue weighted by Gasteiger charge is -2.21. The van der Waals surface area contributed by atoms with E-state index in [0.29, 0.717) is 6.42 Å². The molecule has 0 radical (unpaired) electrons. The molecule has 0 amide bonds. The van der Waals surface area contributed by atoms with Crippen molar-refractivity contribution in [3.05, 3.63) is 333 Å². The normalized spacial score (nSPS) is 13.6. The van der Waals surface area contributed by atoms with Crippen molar-refractivity contribution in [1.29, 1.82) is 0 Å². The quantitative estimate of drug-likeness (QED) is 0.144. The second-order valence-corrected chi connectivity index (χ2v) is 30.4. The summed E-state index contributed by atoms with van der Waals surface area (Å²) in [7, 11) is 0. The molecule has 476 valence electrons. The molecule has 0 aliphatic heterocycles. The Morgan fingerprint density at radius 2 is 0.618 bits per heavy atom. The summed E-state index contributed by atoms with van der Waals surface area (Å²) in [5.41, 5.74) is 21.3. The number of hydrogen-bond donors (Lipinski definition) is 0. The third-order valence-electron chi connectivity index (χ3n) is 21.4. The predicted octanol–water partition coefficient (Wildman–Crippen LogP) is 26.8. The maximum atomic E-state index is 5.71. The first-order valence-corrected chi connectivity index (χ1v) is 37.3. The Bertz CT molecular complexity index is 7180. The second kappa shape index (κ2) is 22.6. The van der Waals surface area contributed by atoms with Crippen molar-refractivity contribution < 1.29 is 0 Å². The fourth-order valence-electron chi connectivity index (χ4n) is 16.6. The molecule has 0 spiro atoms. The first-order valence-electron chi connectivity index (χ1n) is 34.8. The van der Waals surface area contributed by atoms with E-state index < -0.39 is 0 Å². The van der Waals surface area contributed by atoms with Crippen molar-refractivity contribution in [3.63, 3.8) is 0 Å². The second-order valence-electron chi connectivity index (χ2n) is 27.1. The Hall–Kier alpha value is -12.3. The van der Waals surface area contributed by atoms with Crippen LogP contribution in [0.2, 0.25) is 0 Å². The molecule has 0 saturated heterocycles. The van der Waals surface area contributed by atoms with Gasteiger partial charge in [-0.05, 0) is 143 Å². The van der Waals surface area contributed by atoms with E-state index >= 15 is 0 Å². The zero-order valence-electron chi connectivity index (χ0n) is 54.9. The lowest BCUT2D eigenvalue weighted by atomic mass is 9.96. The van der Waals surface area contributed by atoms with Gasteiger partial charge in [-0.25, -0.2) is 9.97 Å². The average Bonchev–Trinajstić information content (AvgIpc) is 1.59. The fraction of sp³-hybridized carbons (Fsp3) is 0.0213. The van der Waals surface area contributed by atoms with E-state index in [0.717, 1.165) is 56.3 Å². The molecule has 0 N–H and O–H groups in total. The lowest BCUT2D eigenvalue weighted by molar-refractivity contribution is 0.767. The van der Waals surface area contributed by atoms with E-state index in [1.54, 1.807) is 0 Å². The lowest BCUT2D eigenvalue weighted by Crippen LogP contribution is -2.10. The van der Waals surface area contributed by atoms with E-state index in [4.69, 9.17) is 9.97 Å². The number of nitrogens with zero attached hydrogens (tertiary/aromatic N) is 5. The summed E-state index contributed by atoms with van der Waals surface area (Å²) in [4.78, 5) is 11.4. The monoisotopic (exact) mass is 1350 g/mol. The highest BCUT2D eigenvalue weighted by molar-refractivity contribution is 7.26. The maximum Gasteiger partial charge on any atom is 0.136 e. The third kappa shape index (κ3) is 9.06. The van der Waals surface area contributed by atoms with Crippen molar-refractivity contribution in [2.24, 2.45) is 0 Å². The molecule has 22 rings (SSSR count). The van der Waals surface area contributed by atoms with Crippen LogP contribution in [0.5, 0.6) is 0 Å². The zero-order chi connectivity index (χ0) is 66.7. The van der Waals surface area contributed by atoms with Crippen molar-refractivity contribution in [3.8, 4) is 67.3 Å². The van der Waals surface area contributed by atoms with E-state index in [-0.39, 0.29) is 5.92 Å². The van der Waals surface area contributed by atoms with Crippen LogP contribution < -0.4 is 0 Å². The largest absolute Gasteiger partial charge is 0.313 e. The SMILES string of the molecule is C1=CC(c2nc(-c3ccc(-n4c5ccccc5c5ccc(-c6ccc7c(c6)sc6ccccc67)cc54)cc3)cc(-c3cccc(-n4c5ccccc5c5ccc(-c6ccc7c(c6)sc6ccccc67)cc54)c3)n2)CC(n2c3ccccc3c3ccc(-c4ccc5c(c4)sc4ccccc45)cc32)=C1. The zero-order valence-corrected chi connectivity index (χ0v) is 57.4. The van der Waals surface area contributed by atoms with Gasteiger partial charge in [0.2, 0.25) is 0 Å². The Balaban J connectivity index is 0.672. The van der Waals surface area contributed by atoms with Gasteiger partial charge in [-0.2, -0.15) is 0 Å². The van der Waals surface area contributed by atoms with Gasteiger partial charge in [-0.1, -0.05) is 218 Å². The molecule has 0 fully saturated rings. The molecule has 1 aliphatic carbocycles. The van der Waals surface area contributed by atoms with Gasteiger partial charge in [0.25, 0.3) is 0 Å². The van der Waals surface area contributed by atoms with Crippen molar-refractivity contribution in [1.82, 2.24) is 23.7 Å². The van der Waals surface area contributed by atoms with E-state index in [1.165, 1.54) is 148 Å². The number of rotatable bonds is 9. The number of thiophene rings is 3. The molecule has 0 saturated carbocycles. The summed E-state index contributed by atoms with van der Waals surface area (Å²) in [5, 5.41) is 15.2. The van der Waals surface area contributed by atoms with Gasteiger partial charge in [0.05, 0.1) is 44.5 Å². The fourth-order valence-corrected chi connectivity index (χ4v) is 20.0. The van der Waals surface area contributed by atoms with Crippen LogP contribution in [-0.4, -0.2) is 23.7 Å². The molecule has 5 nitrogen and oxygen atoms in total. The topological polar surface area (TPSA) is 40.6 Å². The minimum atomic E-state index is -0.144. The van der Waals surface area contributed by atoms with Crippen LogP contribution in [0.15, 0.2) is 328 Å². The molecular formula is C94H57N5S3. The number of allylic oxidation sites excluding steroid dienone is 4. The van der Waals surface area contributed by atoms with Crippen LogP contribution >= 0.6 is 34.0 Å². The Morgan fingerprint density at radius 3 is 1.10 bits per heavy atom. The minimum absolute atomic E-state index is 0.144. The molecule has 1 aliphatic rings. The van der Waals surface area contributed by atoms with Crippen LogP contribution in [0.4, 0.5) is 0 Å². The highest BCUT2D eigenvalue weighted by Gasteiger charge is 2.25. The summed E-state index contributed by atoms with van der Waals surface area (Å²) in [6.07, 6.45) is 7.52. The smallest absolute Gasteiger partial charge is 0.136 e. The first-order chi connectivity index (χ1) is 50.5. The minimum Gasteiger partial charge on any atom is -0.313 e. The van der Waals surface area contributed by atoms with Crippen molar-refractivity contribution in [2.75, 3.05) is 0 Å². The molecule has 102 heavy (non-hydrogen) atoms. The van der Waals surface area contributed by atoms with E-state index in [9.17, 15) is 0 Å². The van der Waals surface area contributed by atoms with Gasteiger partial charge < -0.3 is 13.7 Å². The predicted molar refractivity (Wildman–Crippen MR) is 437 cm³/mol. The standard InChI is InChI=1S/C94H57N5S3/c1-7-25-82-68(19-1)71-41-33-57(60-36-44-77-74-22-4-10-28-88(74)100-91(77)52-60)49-85(71)97(82)65-39-31-56(32-40-65)80-55-81(63-15-13-17-66(47-63)98-83-26-8-2-20-69(83)72-42-34-58(50-86(72)98)61-37-45-78-75-23-5-11-29-89(75)101-92(78)53-61)96-94(95-80)64-16-14-18-67(48-64)99-84-27-9-3-21-70(84)73-43-35-59(51-87(73)99)62-38-46-79-76-24-6-12-30-90(76)102-93(79)54-62/h1-47,49-55,64H,48H2. The highest BCUT2D eigenvalue weighted by Crippen LogP contribution is 2.46. The molecule has 14 aromatic carbocycles. The molecule has 1 unspecified atom stereocenters. The maximum absolute atomic E-state index is 5.71. The van der Waals surface area contributed by atoms with Crippen molar-refractivity contribution in [2.45, 2.75) is 12.3 Å². The van der Waals surface area contributed by atoms with Crippen LogP contribution in [0.1, 0.15) is 18.2 Å². The van der Waals surface area contributed by atoms with Gasteiger partial charge in [-0.15, -0.1) is 34.0 Å². The summed E-state index contributed by atoms with van der Waals surface area (Å²) < 4.78 is 15.2. The van der Waals surface area contributed by atoms with Gasteiger partial charge in [-0.3, -0.25) is 0 Å². The number of para-hydroxylation sites is 3. The van der Waals surface area contributed by atoms with Crippen LogP contribution in [-0.2, 0) is 0 Å². The van der Waals surface area contributed by atoms with Crippen LogP contribution in [0.25, 0.3) is 199 Å². The Kier molecular flexibility index (Phi) is 12.8. The van der Waals surface area contributed by atoms with Gasteiger partial charge in [0.1, 0.15) is 5.82 Å². The molecular weight excluding hydrogens is 1300 g/mol. The summed E-state index contributed by atoms with van der Waals surface area (Å²) >= 11 is 5.59. The van der Waals surface area contributed by atoms with Crippen LogP contribution in [0.3, 0.4) is 0 Å². The summed E-state index contributed by atoms with van der Waals surface area (Å²) in [6, 6.07) is 115. The highest BCUT2D eigenvalue weighted by atomic mass is 32.1. The third-order valence-corrected chi connectivity index (χ3v) is 24.8. The molecule has 0 bridgehead atoms. The number of benzene rings is 14. The van der Waals surface area contributed by atoms with E-state index in [1.807, 2.05) is 34.0 Å². The molecule has 1 atom stereocenters. The number of aromatic nitrogens is 5. The van der Waals surface area contributed by atoms with Crippen LogP contribution in [0, 0.1) is 0 Å². The van der Waals surface area contributed by atoms with Gasteiger partial charge in [0.15, 0.2) is 0 Å². The summed E-state index contributed by atoms with van der Waals surface area (Å²) in [5.74, 6) is 0.632. The molecule has 7 heterocycles. The Morgan fingerprint density at radius 1 is 0.255 bits per heavy atom. The molecule has 7 aromatic heterocycles. The Labute approximate surface area is 597 Å². The van der Waals surface area contributed by atoms with E-state index in [2.05, 4.69) is 341 Å². The van der Waals surface area contributed by atoms with Crippen molar-refractivity contribution >= 4 is 166 Å². The number of fused-ring (bicyclic) bond motifs is 18. The average molecular weight is 1350 g/mol.